The maximum atomic E-state index is 12.5. The number of para-hydroxylation sites is 1. The van der Waals surface area contributed by atoms with Crippen molar-refractivity contribution in [2.45, 2.75) is 25.7 Å². The standard InChI is InChI=1S/C20H21NO2/c22-20(21-12-2-1-3-13-21)17-9-7-15(8-10-17)18-6-4-5-16-11-14-23-19(16)18/h4-10H,1-3,11-14H2. The Hall–Kier alpha value is -2.29. The van der Waals surface area contributed by atoms with E-state index in [2.05, 4.69) is 18.2 Å². The number of fused-ring (bicyclic) bond motifs is 1. The van der Waals surface area contributed by atoms with Crippen LogP contribution in [0.3, 0.4) is 0 Å². The SMILES string of the molecule is O=C(c1ccc(-c2cccc3c2OCC3)cc1)N1CCCCC1. The molecular weight excluding hydrogens is 286 g/mol. The van der Waals surface area contributed by atoms with Crippen LogP contribution in [0.5, 0.6) is 5.75 Å². The fourth-order valence-corrected chi connectivity index (χ4v) is 3.51. The molecular formula is C20H21NO2. The molecule has 0 bridgehead atoms. The molecule has 0 unspecified atom stereocenters. The monoisotopic (exact) mass is 307 g/mol. The van der Waals surface area contributed by atoms with E-state index in [1.165, 1.54) is 12.0 Å². The lowest BCUT2D eigenvalue weighted by atomic mass is 9.99. The summed E-state index contributed by atoms with van der Waals surface area (Å²) >= 11 is 0. The molecule has 0 spiro atoms. The normalized spacial score (nSPS) is 16.8. The van der Waals surface area contributed by atoms with Gasteiger partial charge in [0.15, 0.2) is 0 Å². The summed E-state index contributed by atoms with van der Waals surface area (Å²) in [6.45, 7) is 2.54. The molecule has 1 fully saturated rings. The third-order valence-corrected chi connectivity index (χ3v) is 4.80. The number of likely N-dealkylation sites (tertiary alicyclic amines) is 1. The van der Waals surface area contributed by atoms with E-state index in [1.807, 2.05) is 29.2 Å². The van der Waals surface area contributed by atoms with Crippen LogP contribution < -0.4 is 4.74 Å². The topological polar surface area (TPSA) is 29.5 Å². The van der Waals surface area contributed by atoms with Crippen LogP contribution in [0.4, 0.5) is 0 Å². The summed E-state index contributed by atoms with van der Waals surface area (Å²) in [4.78, 5) is 14.5. The summed E-state index contributed by atoms with van der Waals surface area (Å²) in [7, 11) is 0. The Morgan fingerprint density at radius 2 is 1.74 bits per heavy atom. The summed E-state index contributed by atoms with van der Waals surface area (Å²) in [5.41, 5.74) is 4.29. The van der Waals surface area contributed by atoms with E-state index in [1.54, 1.807) is 0 Å². The van der Waals surface area contributed by atoms with Crippen molar-refractivity contribution >= 4 is 5.91 Å². The summed E-state index contributed by atoms with van der Waals surface area (Å²) in [6, 6.07) is 14.3. The number of rotatable bonds is 2. The van der Waals surface area contributed by atoms with Gasteiger partial charge >= 0.3 is 0 Å². The first kappa shape index (κ1) is 14.3. The largest absolute Gasteiger partial charge is 0.492 e. The highest BCUT2D eigenvalue weighted by molar-refractivity contribution is 5.95. The maximum absolute atomic E-state index is 12.5. The lowest BCUT2D eigenvalue weighted by Gasteiger charge is -2.26. The molecule has 0 aromatic heterocycles. The van der Waals surface area contributed by atoms with Crippen LogP contribution >= 0.6 is 0 Å². The van der Waals surface area contributed by atoms with Crippen LogP contribution in [0, 0.1) is 0 Å². The first-order valence-electron chi connectivity index (χ1n) is 8.47. The molecule has 2 heterocycles. The second-order valence-corrected chi connectivity index (χ2v) is 6.32. The van der Waals surface area contributed by atoms with Gasteiger partial charge in [0.2, 0.25) is 0 Å². The Morgan fingerprint density at radius 1 is 0.957 bits per heavy atom. The quantitative estimate of drug-likeness (QED) is 0.842. The smallest absolute Gasteiger partial charge is 0.253 e. The molecule has 3 heteroatoms. The summed E-state index contributed by atoms with van der Waals surface area (Å²) in [5.74, 6) is 1.16. The zero-order valence-electron chi connectivity index (χ0n) is 13.3. The first-order valence-corrected chi connectivity index (χ1v) is 8.47. The van der Waals surface area contributed by atoms with Gasteiger partial charge in [-0.1, -0.05) is 30.3 Å². The highest BCUT2D eigenvalue weighted by Crippen LogP contribution is 2.36. The number of carbonyl (C=O) groups excluding carboxylic acids is 1. The second-order valence-electron chi connectivity index (χ2n) is 6.32. The molecule has 3 nitrogen and oxygen atoms in total. The molecule has 2 aliphatic heterocycles. The van der Waals surface area contributed by atoms with E-state index < -0.39 is 0 Å². The highest BCUT2D eigenvalue weighted by Gasteiger charge is 2.19. The molecule has 0 saturated carbocycles. The van der Waals surface area contributed by atoms with Gasteiger partial charge in [-0.25, -0.2) is 0 Å². The molecule has 1 saturated heterocycles. The second kappa shape index (κ2) is 6.07. The molecule has 0 N–H and O–H groups in total. The predicted octanol–water partition coefficient (Wildman–Crippen LogP) is 3.91. The van der Waals surface area contributed by atoms with Crippen molar-refractivity contribution in [2.24, 2.45) is 0 Å². The van der Waals surface area contributed by atoms with Gasteiger partial charge in [0.25, 0.3) is 5.91 Å². The minimum Gasteiger partial charge on any atom is -0.492 e. The first-order chi connectivity index (χ1) is 11.3. The summed E-state index contributed by atoms with van der Waals surface area (Å²) in [5, 5.41) is 0. The van der Waals surface area contributed by atoms with Gasteiger partial charge in [-0.15, -0.1) is 0 Å². The van der Waals surface area contributed by atoms with Gasteiger partial charge < -0.3 is 9.64 Å². The summed E-state index contributed by atoms with van der Waals surface area (Å²) < 4.78 is 5.78. The third kappa shape index (κ3) is 2.72. The number of piperidine rings is 1. The zero-order chi connectivity index (χ0) is 15.6. The lowest BCUT2D eigenvalue weighted by Crippen LogP contribution is -2.35. The van der Waals surface area contributed by atoms with E-state index in [4.69, 9.17) is 4.74 Å². The Bertz CT molecular complexity index is 715. The Labute approximate surface area is 136 Å². The number of benzene rings is 2. The number of ether oxygens (including phenoxy) is 1. The molecule has 1 amide bonds. The van der Waals surface area contributed by atoms with E-state index in [0.29, 0.717) is 0 Å². The van der Waals surface area contributed by atoms with Crippen LogP contribution in [0.2, 0.25) is 0 Å². The molecule has 118 valence electrons. The predicted molar refractivity (Wildman–Crippen MR) is 90.8 cm³/mol. The number of amides is 1. The Balaban J connectivity index is 1.59. The fourth-order valence-electron chi connectivity index (χ4n) is 3.51. The average Bonchev–Trinajstić information content (AvgIpc) is 3.11. The van der Waals surface area contributed by atoms with Gasteiger partial charge in [-0.3, -0.25) is 4.79 Å². The van der Waals surface area contributed by atoms with E-state index >= 15 is 0 Å². The van der Waals surface area contributed by atoms with Gasteiger partial charge in [-0.2, -0.15) is 0 Å². The molecule has 2 aromatic carbocycles. The zero-order valence-corrected chi connectivity index (χ0v) is 13.3. The van der Waals surface area contributed by atoms with E-state index in [0.717, 1.165) is 61.4 Å². The number of hydrogen-bond donors (Lipinski definition) is 0. The number of carbonyl (C=O) groups is 1. The molecule has 2 aromatic rings. The molecule has 23 heavy (non-hydrogen) atoms. The van der Waals surface area contributed by atoms with Gasteiger partial charge in [0.1, 0.15) is 5.75 Å². The average molecular weight is 307 g/mol. The minimum absolute atomic E-state index is 0.158. The Kier molecular flexibility index (Phi) is 3.78. The molecule has 0 aliphatic carbocycles. The molecule has 4 rings (SSSR count). The minimum atomic E-state index is 0.158. The van der Waals surface area contributed by atoms with Crippen molar-refractivity contribution in [3.05, 3.63) is 53.6 Å². The number of hydrogen-bond acceptors (Lipinski definition) is 2. The van der Waals surface area contributed by atoms with Crippen LogP contribution in [-0.4, -0.2) is 30.5 Å². The van der Waals surface area contributed by atoms with Crippen molar-refractivity contribution in [1.29, 1.82) is 0 Å². The van der Waals surface area contributed by atoms with Crippen LogP contribution in [0.1, 0.15) is 35.2 Å². The highest BCUT2D eigenvalue weighted by atomic mass is 16.5. The van der Waals surface area contributed by atoms with Crippen LogP contribution in [0.15, 0.2) is 42.5 Å². The summed E-state index contributed by atoms with van der Waals surface area (Å²) in [6.07, 6.45) is 4.46. The van der Waals surface area contributed by atoms with Crippen molar-refractivity contribution in [3.8, 4) is 16.9 Å². The fraction of sp³-hybridized carbons (Fsp3) is 0.350. The van der Waals surface area contributed by atoms with Gasteiger partial charge in [0.05, 0.1) is 6.61 Å². The van der Waals surface area contributed by atoms with Crippen LogP contribution in [0.25, 0.3) is 11.1 Å². The van der Waals surface area contributed by atoms with E-state index in [-0.39, 0.29) is 5.91 Å². The lowest BCUT2D eigenvalue weighted by molar-refractivity contribution is 0.0724. The van der Waals surface area contributed by atoms with Crippen LogP contribution in [-0.2, 0) is 6.42 Å². The Morgan fingerprint density at radius 3 is 2.52 bits per heavy atom. The third-order valence-electron chi connectivity index (χ3n) is 4.80. The molecule has 2 aliphatic rings. The molecule has 0 radical (unpaired) electrons. The maximum Gasteiger partial charge on any atom is 0.253 e. The number of nitrogens with zero attached hydrogens (tertiary/aromatic N) is 1. The van der Waals surface area contributed by atoms with Gasteiger partial charge in [-0.05, 0) is 42.5 Å². The van der Waals surface area contributed by atoms with Crippen molar-refractivity contribution in [1.82, 2.24) is 4.90 Å². The van der Waals surface area contributed by atoms with Crippen molar-refractivity contribution in [2.75, 3.05) is 19.7 Å². The molecule has 0 atom stereocenters. The van der Waals surface area contributed by atoms with Crippen molar-refractivity contribution < 1.29 is 9.53 Å². The van der Waals surface area contributed by atoms with E-state index in [9.17, 15) is 4.79 Å². The van der Waals surface area contributed by atoms with Gasteiger partial charge in [0, 0.05) is 30.6 Å². The van der Waals surface area contributed by atoms with Crippen molar-refractivity contribution in [3.63, 3.8) is 0 Å².